The zero-order valence-electron chi connectivity index (χ0n) is 8.12. The van der Waals surface area contributed by atoms with Gasteiger partial charge in [-0.1, -0.05) is 15.9 Å². The van der Waals surface area contributed by atoms with E-state index < -0.39 is 5.60 Å². The maximum atomic E-state index is 9.89. The van der Waals surface area contributed by atoms with E-state index in [-0.39, 0.29) is 6.79 Å². The molecule has 3 nitrogen and oxygen atoms in total. The Kier molecular flexibility index (Phi) is 1.97. The molecule has 4 heteroatoms. The average molecular weight is 271 g/mol. The molecule has 0 unspecified atom stereocenters. The molecule has 0 atom stereocenters. The lowest BCUT2D eigenvalue weighted by Crippen LogP contribution is -2.11. The van der Waals surface area contributed by atoms with Gasteiger partial charge in [0.2, 0.25) is 6.79 Å². The molecule has 0 aromatic heterocycles. The number of benzene rings is 1. The Morgan fingerprint density at radius 1 is 1.33 bits per heavy atom. The minimum Gasteiger partial charge on any atom is -0.454 e. The lowest BCUT2D eigenvalue weighted by Gasteiger charge is -2.10. The molecule has 2 aliphatic rings. The lowest BCUT2D eigenvalue weighted by atomic mass is 10.1. The van der Waals surface area contributed by atoms with E-state index >= 15 is 0 Å². The van der Waals surface area contributed by atoms with Gasteiger partial charge in [0.1, 0.15) is 0 Å². The molecule has 3 rings (SSSR count). The van der Waals surface area contributed by atoms with Crippen LogP contribution in [0.25, 0.3) is 0 Å². The second-order valence-electron chi connectivity index (χ2n) is 4.20. The fourth-order valence-electron chi connectivity index (χ4n) is 1.85. The Morgan fingerprint density at radius 2 is 2.13 bits per heavy atom. The molecule has 1 aromatic carbocycles. The van der Waals surface area contributed by atoms with E-state index in [1.165, 1.54) is 0 Å². The third-order valence-electron chi connectivity index (χ3n) is 2.86. The molecular weight excluding hydrogens is 260 g/mol. The Bertz CT molecular complexity index is 413. The number of halogens is 1. The van der Waals surface area contributed by atoms with Crippen LogP contribution >= 0.6 is 15.9 Å². The van der Waals surface area contributed by atoms with E-state index in [2.05, 4.69) is 15.9 Å². The van der Waals surface area contributed by atoms with Gasteiger partial charge in [-0.3, -0.25) is 0 Å². The molecule has 0 radical (unpaired) electrons. The highest BCUT2D eigenvalue weighted by Gasteiger charge is 2.41. The predicted molar refractivity (Wildman–Crippen MR) is 58.2 cm³/mol. The molecule has 0 spiro atoms. The summed E-state index contributed by atoms with van der Waals surface area (Å²) in [5.74, 6) is 1.56. The lowest BCUT2D eigenvalue weighted by molar-refractivity contribution is 0.147. The van der Waals surface area contributed by atoms with Gasteiger partial charge >= 0.3 is 0 Å². The largest absolute Gasteiger partial charge is 0.454 e. The molecule has 1 aromatic rings. The van der Waals surface area contributed by atoms with Crippen molar-refractivity contribution in [2.24, 2.45) is 0 Å². The monoisotopic (exact) mass is 270 g/mol. The Balaban J connectivity index is 1.99. The fraction of sp³-hybridized carbons (Fsp3) is 0.455. The van der Waals surface area contributed by atoms with Crippen molar-refractivity contribution in [3.8, 4) is 11.5 Å². The second-order valence-corrected chi connectivity index (χ2v) is 5.12. The number of fused-ring (bicyclic) bond motifs is 1. The van der Waals surface area contributed by atoms with Gasteiger partial charge in [0.15, 0.2) is 11.5 Å². The normalized spacial score (nSPS) is 20.4. The SMILES string of the molecule is OC1(Cc2cc(Br)cc3c2OCO3)CC1. The molecular formula is C11H11BrO3. The van der Waals surface area contributed by atoms with E-state index in [0.717, 1.165) is 34.4 Å². The van der Waals surface area contributed by atoms with E-state index in [1.807, 2.05) is 12.1 Å². The zero-order chi connectivity index (χ0) is 10.5. The van der Waals surface area contributed by atoms with E-state index in [9.17, 15) is 5.11 Å². The van der Waals surface area contributed by atoms with Crippen LogP contribution in [-0.2, 0) is 6.42 Å². The van der Waals surface area contributed by atoms with Crippen molar-refractivity contribution in [1.29, 1.82) is 0 Å². The first-order valence-electron chi connectivity index (χ1n) is 4.97. The van der Waals surface area contributed by atoms with E-state index in [4.69, 9.17) is 9.47 Å². The third-order valence-corrected chi connectivity index (χ3v) is 3.32. The molecule has 1 N–H and O–H groups in total. The minimum absolute atomic E-state index is 0.275. The average Bonchev–Trinajstić information content (AvgIpc) is 2.73. The molecule has 0 bridgehead atoms. The van der Waals surface area contributed by atoms with Gasteiger partial charge in [0.05, 0.1) is 5.60 Å². The molecule has 1 aliphatic carbocycles. The topological polar surface area (TPSA) is 38.7 Å². The summed E-state index contributed by atoms with van der Waals surface area (Å²) in [5, 5.41) is 9.89. The van der Waals surface area contributed by atoms with E-state index in [1.54, 1.807) is 0 Å². The first kappa shape index (κ1) is 9.48. The molecule has 1 fully saturated rings. The summed E-state index contributed by atoms with van der Waals surface area (Å²) in [7, 11) is 0. The summed E-state index contributed by atoms with van der Waals surface area (Å²) in [6.07, 6.45) is 2.42. The van der Waals surface area contributed by atoms with Crippen molar-refractivity contribution in [3.63, 3.8) is 0 Å². The molecule has 80 valence electrons. The minimum atomic E-state index is -0.499. The molecule has 0 amide bonds. The van der Waals surface area contributed by atoms with Crippen molar-refractivity contribution < 1.29 is 14.6 Å². The van der Waals surface area contributed by atoms with Gasteiger partial charge in [-0.25, -0.2) is 0 Å². The van der Waals surface area contributed by atoms with Gasteiger partial charge in [0, 0.05) is 16.5 Å². The zero-order valence-corrected chi connectivity index (χ0v) is 9.71. The Morgan fingerprint density at radius 3 is 2.87 bits per heavy atom. The predicted octanol–water partition coefficient (Wildman–Crippen LogP) is 2.25. The summed E-state index contributed by atoms with van der Waals surface area (Å²) in [6, 6.07) is 3.88. The van der Waals surface area contributed by atoms with Crippen LogP contribution in [0.2, 0.25) is 0 Å². The van der Waals surface area contributed by atoms with Crippen molar-refractivity contribution in [2.45, 2.75) is 24.9 Å². The van der Waals surface area contributed by atoms with Crippen LogP contribution < -0.4 is 9.47 Å². The summed E-state index contributed by atoms with van der Waals surface area (Å²) >= 11 is 3.43. The van der Waals surface area contributed by atoms with Gasteiger partial charge in [-0.05, 0) is 25.0 Å². The molecule has 1 saturated carbocycles. The summed E-state index contributed by atoms with van der Waals surface area (Å²) < 4.78 is 11.7. The molecule has 0 saturated heterocycles. The standard InChI is InChI=1S/C11H11BrO3/c12-8-3-7(5-11(13)1-2-11)10-9(4-8)14-6-15-10/h3-4,13H,1-2,5-6H2. The van der Waals surface area contributed by atoms with Crippen molar-refractivity contribution in [2.75, 3.05) is 6.79 Å². The van der Waals surface area contributed by atoms with Gasteiger partial charge < -0.3 is 14.6 Å². The van der Waals surface area contributed by atoms with Crippen LogP contribution in [-0.4, -0.2) is 17.5 Å². The number of aliphatic hydroxyl groups is 1. The second kappa shape index (κ2) is 3.12. The van der Waals surface area contributed by atoms with Crippen LogP contribution in [0.15, 0.2) is 16.6 Å². The van der Waals surface area contributed by atoms with Crippen LogP contribution in [0.5, 0.6) is 11.5 Å². The molecule has 15 heavy (non-hydrogen) atoms. The first-order chi connectivity index (χ1) is 7.16. The van der Waals surface area contributed by atoms with Crippen LogP contribution in [0, 0.1) is 0 Å². The number of hydrogen-bond acceptors (Lipinski definition) is 3. The van der Waals surface area contributed by atoms with Crippen LogP contribution in [0.3, 0.4) is 0 Å². The number of ether oxygens (including phenoxy) is 2. The van der Waals surface area contributed by atoms with Crippen molar-refractivity contribution in [3.05, 3.63) is 22.2 Å². The highest BCUT2D eigenvalue weighted by molar-refractivity contribution is 9.10. The first-order valence-corrected chi connectivity index (χ1v) is 5.76. The van der Waals surface area contributed by atoms with Crippen molar-refractivity contribution >= 4 is 15.9 Å². The summed E-state index contributed by atoms with van der Waals surface area (Å²) in [5.41, 5.74) is 0.525. The molecule has 1 aliphatic heterocycles. The van der Waals surface area contributed by atoms with Crippen molar-refractivity contribution in [1.82, 2.24) is 0 Å². The quantitative estimate of drug-likeness (QED) is 0.896. The van der Waals surface area contributed by atoms with Gasteiger partial charge in [-0.15, -0.1) is 0 Å². The fourth-order valence-corrected chi connectivity index (χ4v) is 2.34. The highest BCUT2D eigenvalue weighted by atomic mass is 79.9. The molecule has 1 heterocycles. The van der Waals surface area contributed by atoms with E-state index in [0.29, 0.717) is 6.42 Å². The summed E-state index contributed by atoms with van der Waals surface area (Å²) in [6.45, 7) is 0.275. The maximum Gasteiger partial charge on any atom is 0.231 e. The number of hydrogen-bond donors (Lipinski definition) is 1. The smallest absolute Gasteiger partial charge is 0.231 e. The van der Waals surface area contributed by atoms with Gasteiger partial charge in [-0.2, -0.15) is 0 Å². The summed E-state index contributed by atoms with van der Waals surface area (Å²) in [4.78, 5) is 0. The maximum absolute atomic E-state index is 9.89. The Labute approximate surface area is 96.1 Å². The Hall–Kier alpha value is -0.740. The number of rotatable bonds is 2. The van der Waals surface area contributed by atoms with Crippen LogP contribution in [0.4, 0.5) is 0 Å². The van der Waals surface area contributed by atoms with Gasteiger partial charge in [0.25, 0.3) is 0 Å². The third kappa shape index (κ3) is 1.72. The highest BCUT2D eigenvalue weighted by Crippen LogP contribution is 2.44. The van der Waals surface area contributed by atoms with Crippen LogP contribution in [0.1, 0.15) is 18.4 Å².